The van der Waals surface area contributed by atoms with Gasteiger partial charge in [-0.15, -0.1) is 0 Å². The van der Waals surface area contributed by atoms with E-state index in [0.717, 1.165) is 63.1 Å². The number of carbonyl (C=O) groups excluding carboxylic acids is 1. The first-order valence-electron chi connectivity index (χ1n) is 12.1. The van der Waals surface area contributed by atoms with Gasteiger partial charge in [-0.25, -0.2) is 4.79 Å². The molecule has 1 aliphatic heterocycles. The van der Waals surface area contributed by atoms with Crippen LogP contribution in [0.15, 0.2) is 59.4 Å². The van der Waals surface area contributed by atoms with Gasteiger partial charge in [0.25, 0.3) is 0 Å². The van der Waals surface area contributed by atoms with Crippen molar-refractivity contribution in [2.45, 2.75) is 39.4 Å². The first kappa shape index (κ1) is 23.3. The van der Waals surface area contributed by atoms with Gasteiger partial charge in [0.1, 0.15) is 6.54 Å². The summed E-state index contributed by atoms with van der Waals surface area (Å²) < 4.78 is 3.35. The largest absolute Gasteiger partial charge is 0.354 e. The first-order valence-corrected chi connectivity index (χ1v) is 12.1. The third kappa shape index (κ3) is 5.92. The molecule has 7 heteroatoms. The quantitative estimate of drug-likeness (QED) is 0.483. The zero-order valence-corrected chi connectivity index (χ0v) is 19.6. The van der Waals surface area contributed by atoms with E-state index in [9.17, 15) is 9.59 Å². The zero-order chi connectivity index (χ0) is 23.0. The Morgan fingerprint density at radius 3 is 2.18 bits per heavy atom. The van der Waals surface area contributed by atoms with Crippen LogP contribution in [-0.4, -0.2) is 64.1 Å². The Kier molecular flexibility index (Phi) is 7.96. The Morgan fingerprint density at radius 2 is 1.48 bits per heavy atom. The van der Waals surface area contributed by atoms with Gasteiger partial charge in [0, 0.05) is 45.8 Å². The number of benzene rings is 2. The minimum atomic E-state index is -0.110. The Hall–Kier alpha value is -2.90. The van der Waals surface area contributed by atoms with Crippen molar-refractivity contribution in [1.29, 1.82) is 0 Å². The molecule has 1 aliphatic rings. The van der Waals surface area contributed by atoms with E-state index in [1.165, 1.54) is 5.56 Å². The van der Waals surface area contributed by atoms with Gasteiger partial charge in [0.05, 0.1) is 11.0 Å². The van der Waals surface area contributed by atoms with Crippen molar-refractivity contribution in [3.05, 3.63) is 70.6 Å². The van der Waals surface area contributed by atoms with Crippen molar-refractivity contribution in [1.82, 2.24) is 24.3 Å². The van der Waals surface area contributed by atoms with E-state index in [-0.39, 0.29) is 18.1 Å². The van der Waals surface area contributed by atoms with Gasteiger partial charge in [0.15, 0.2) is 0 Å². The van der Waals surface area contributed by atoms with Crippen LogP contribution >= 0.6 is 0 Å². The Balaban J connectivity index is 1.20. The van der Waals surface area contributed by atoms with Gasteiger partial charge in [-0.2, -0.15) is 0 Å². The van der Waals surface area contributed by atoms with E-state index >= 15 is 0 Å². The van der Waals surface area contributed by atoms with Crippen molar-refractivity contribution in [2.75, 3.05) is 39.3 Å². The molecule has 0 spiro atoms. The first-order chi connectivity index (χ1) is 16.2. The van der Waals surface area contributed by atoms with E-state index < -0.39 is 0 Å². The van der Waals surface area contributed by atoms with Gasteiger partial charge in [-0.3, -0.25) is 18.8 Å². The van der Waals surface area contributed by atoms with Crippen LogP contribution in [-0.2, 0) is 24.4 Å². The van der Waals surface area contributed by atoms with Crippen molar-refractivity contribution < 1.29 is 4.79 Å². The number of para-hydroxylation sites is 2. The number of nitrogens with one attached hydrogen (secondary N) is 1. The average Bonchev–Trinajstić information content (AvgIpc) is 3.10. The fraction of sp³-hybridized carbons (Fsp3) is 0.462. The van der Waals surface area contributed by atoms with Crippen molar-refractivity contribution in [3.63, 3.8) is 0 Å². The van der Waals surface area contributed by atoms with Crippen LogP contribution in [0.2, 0.25) is 0 Å². The number of piperazine rings is 1. The predicted octanol–water partition coefficient (Wildman–Crippen LogP) is 2.54. The lowest BCUT2D eigenvalue weighted by Gasteiger charge is -2.34. The molecule has 2 heterocycles. The minimum absolute atomic E-state index is 0.0637. The molecule has 176 valence electrons. The van der Waals surface area contributed by atoms with Crippen LogP contribution in [0.25, 0.3) is 11.0 Å². The third-order valence-corrected chi connectivity index (χ3v) is 6.36. The average molecular weight is 450 g/mol. The molecule has 0 unspecified atom stereocenters. The molecule has 33 heavy (non-hydrogen) atoms. The maximum atomic E-state index is 12.8. The van der Waals surface area contributed by atoms with Crippen LogP contribution < -0.4 is 11.0 Å². The number of hydrogen-bond acceptors (Lipinski definition) is 4. The fourth-order valence-electron chi connectivity index (χ4n) is 4.61. The van der Waals surface area contributed by atoms with Crippen LogP contribution in [0.5, 0.6) is 0 Å². The lowest BCUT2D eigenvalue weighted by Crippen LogP contribution is -2.46. The van der Waals surface area contributed by atoms with Crippen molar-refractivity contribution in [3.8, 4) is 0 Å². The van der Waals surface area contributed by atoms with Crippen LogP contribution in [0, 0.1) is 0 Å². The van der Waals surface area contributed by atoms with E-state index in [2.05, 4.69) is 52.4 Å². The molecule has 3 aromatic rings. The molecule has 7 nitrogen and oxygen atoms in total. The predicted molar refractivity (Wildman–Crippen MR) is 132 cm³/mol. The summed E-state index contributed by atoms with van der Waals surface area (Å²) in [6, 6.07) is 18.3. The molecular weight excluding hydrogens is 414 g/mol. The maximum absolute atomic E-state index is 12.8. The maximum Gasteiger partial charge on any atom is 0.329 e. The van der Waals surface area contributed by atoms with Crippen LogP contribution in [0.3, 0.4) is 0 Å². The number of hydrogen-bond donors (Lipinski definition) is 1. The monoisotopic (exact) mass is 449 g/mol. The number of fused-ring (bicyclic) bond motifs is 1. The highest BCUT2D eigenvalue weighted by molar-refractivity contribution is 5.80. The molecule has 0 radical (unpaired) electrons. The lowest BCUT2D eigenvalue weighted by molar-refractivity contribution is -0.121. The number of carbonyl (C=O) groups is 1. The SMILES string of the molecule is CCCn1c(=O)n(CC(=O)NCCCN2CCN(Cc3ccccc3)CC2)c2ccccc21. The van der Waals surface area contributed by atoms with E-state index in [1.807, 2.05) is 24.3 Å². The fourth-order valence-corrected chi connectivity index (χ4v) is 4.61. The Labute approximate surface area is 195 Å². The molecule has 0 saturated carbocycles. The van der Waals surface area contributed by atoms with Crippen molar-refractivity contribution >= 4 is 16.9 Å². The number of amides is 1. The summed E-state index contributed by atoms with van der Waals surface area (Å²) in [6.45, 7) is 9.67. The lowest BCUT2D eigenvalue weighted by atomic mass is 10.2. The van der Waals surface area contributed by atoms with Crippen LogP contribution in [0.1, 0.15) is 25.3 Å². The summed E-state index contributed by atoms with van der Waals surface area (Å²) in [4.78, 5) is 30.3. The molecule has 1 N–H and O–H groups in total. The highest BCUT2D eigenvalue weighted by Crippen LogP contribution is 2.13. The topological polar surface area (TPSA) is 62.5 Å². The summed E-state index contributed by atoms with van der Waals surface area (Å²) >= 11 is 0. The molecule has 0 atom stereocenters. The van der Waals surface area contributed by atoms with Gasteiger partial charge in [0.2, 0.25) is 5.91 Å². The normalized spacial score (nSPS) is 15.2. The number of aromatic nitrogens is 2. The zero-order valence-electron chi connectivity index (χ0n) is 19.6. The molecule has 1 amide bonds. The number of rotatable bonds is 10. The van der Waals surface area contributed by atoms with Crippen molar-refractivity contribution in [2.24, 2.45) is 0 Å². The Bertz CT molecular complexity index is 1100. The molecule has 1 aromatic heterocycles. The van der Waals surface area contributed by atoms with Gasteiger partial charge >= 0.3 is 5.69 Å². The smallest absolute Gasteiger partial charge is 0.329 e. The second-order valence-electron chi connectivity index (χ2n) is 8.82. The van der Waals surface area contributed by atoms with Gasteiger partial charge < -0.3 is 10.2 Å². The standard InChI is InChI=1S/C26H35N5O2/c1-2-14-30-23-11-6-7-12-24(23)31(26(30)33)21-25(32)27-13-8-15-28-16-18-29(19-17-28)20-22-9-4-3-5-10-22/h3-7,9-12H,2,8,13-21H2,1H3,(H,27,32). The molecule has 2 aromatic carbocycles. The summed E-state index contributed by atoms with van der Waals surface area (Å²) in [5.41, 5.74) is 2.97. The van der Waals surface area contributed by atoms with E-state index in [4.69, 9.17) is 0 Å². The molecule has 1 fully saturated rings. The molecule has 4 rings (SSSR count). The van der Waals surface area contributed by atoms with Gasteiger partial charge in [-0.1, -0.05) is 49.4 Å². The second kappa shape index (κ2) is 11.3. The molecule has 0 aliphatic carbocycles. The summed E-state index contributed by atoms with van der Waals surface area (Å²) in [5.74, 6) is -0.107. The minimum Gasteiger partial charge on any atom is -0.354 e. The Morgan fingerprint density at radius 1 is 0.848 bits per heavy atom. The highest BCUT2D eigenvalue weighted by atomic mass is 16.2. The molecule has 1 saturated heterocycles. The molecular formula is C26H35N5O2. The van der Waals surface area contributed by atoms with Gasteiger partial charge in [-0.05, 0) is 37.1 Å². The number of nitrogens with zero attached hydrogens (tertiary/aromatic N) is 4. The summed E-state index contributed by atoms with van der Waals surface area (Å²) in [5, 5.41) is 3.00. The molecule has 0 bridgehead atoms. The number of aryl methyl sites for hydroxylation is 1. The van der Waals surface area contributed by atoms with E-state index in [1.54, 1.807) is 9.13 Å². The highest BCUT2D eigenvalue weighted by Gasteiger charge is 2.17. The summed E-state index contributed by atoms with van der Waals surface area (Å²) in [7, 11) is 0. The van der Waals surface area contributed by atoms with Crippen LogP contribution in [0.4, 0.5) is 0 Å². The summed E-state index contributed by atoms with van der Waals surface area (Å²) in [6.07, 6.45) is 1.79. The van der Waals surface area contributed by atoms with E-state index in [0.29, 0.717) is 13.1 Å². The third-order valence-electron chi connectivity index (χ3n) is 6.36. The second-order valence-corrected chi connectivity index (χ2v) is 8.82. The number of imidazole rings is 1.